The number of nitrogens with one attached hydrogen (secondary N) is 1. The molecule has 0 atom stereocenters. The number of esters is 1. The van der Waals surface area contributed by atoms with Gasteiger partial charge in [-0.25, -0.2) is 0 Å². The summed E-state index contributed by atoms with van der Waals surface area (Å²) >= 11 is 1.58. The van der Waals surface area contributed by atoms with Crippen LogP contribution in [0.4, 0.5) is 11.4 Å². The Balaban J connectivity index is 1.23. The molecule has 8 heteroatoms. The molecule has 0 spiro atoms. The minimum atomic E-state index is -0.591. The molecule has 35 heavy (non-hydrogen) atoms. The maximum absolute atomic E-state index is 13.0. The van der Waals surface area contributed by atoms with E-state index in [0.717, 1.165) is 21.2 Å². The molecule has 2 amide bonds. The second kappa shape index (κ2) is 11.5. The fraction of sp³-hybridized carbons (Fsp3) is 0.185. The van der Waals surface area contributed by atoms with Gasteiger partial charge in [0.1, 0.15) is 0 Å². The summed E-state index contributed by atoms with van der Waals surface area (Å²) in [4.78, 5) is 52.7. The first kappa shape index (κ1) is 24.2. The summed E-state index contributed by atoms with van der Waals surface area (Å²) in [6.45, 7) is -0.344. The van der Waals surface area contributed by atoms with Gasteiger partial charge in [0.05, 0.1) is 17.8 Å². The Hall–Kier alpha value is -3.91. The fourth-order valence-electron chi connectivity index (χ4n) is 3.64. The lowest BCUT2D eigenvalue weighted by atomic mass is 10.1. The molecule has 0 saturated carbocycles. The quantitative estimate of drug-likeness (QED) is 0.351. The van der Waals surface area contributed by atoms with Crippen molar-refractivity contribution in [3.8, 4) is 0 Å². The molecule has 0 saturated heterocycles. The standard InChI is InChI=1S/C27H24N2O5S/c30-22(19-8-2-1-3-9-19)14-15-25(31)28-17-16-27(33)34-18-26(32)29-20-10-4-6-12-23(20)35-24-13-7-5-11-21(24)29/h1-13H,14-18H2,(H,28,31). The number of rotatable bonds is 9. The highest BCUT2D eigenvalue weighted by Crippen LogP contribution is 2.47. The van der Waals surface area contributed by atoms with Crippen LogP contribution in [0.5, 0.6) is 0 Å². The van der Waals surface area contributed by atoms with Crippen molar-refractivity contribution < 1.29 is 23.9 Å². The lowest BCUT2D eigenvalue weighted by Crippen LogP contribution is -2.33. The number of hydrogen-bond acceptors (Lipinski definition) is 6. The average Bonchev–Trinajstić information content (AvgIpc) is 2.89. The van der Waals surface area contributed by atoms with Gasteiger partial charge in [0.15, 0.2) is 12.4 Å². The zero-order valence-electron chi connectivity index (χ0n) is 18.9. The molecule has 0 radical (unpaired) electrons. The molecular weight excluding hydrogens is 464 g/mol. The highest BCUT2D eigenvalue weighted by atomic mass is 32.2. The van der Waals surface area contributed by atoms with Crippen LogP contribution in [-0.4, -0.2) is 36.7 Å². The van der Waals surface area contributed by atoms with E-state index in [0.29, 0.717) is 5.56 Å². The van der Waals surface area contributed by atoms with Crippen molar-refractivity contribution in [3.05, 3.63) is 84.4 Å². The minimum absolute atomic E-state index is 0.0348. The predicted molar refractivity (Wildman–Crippen MR) is 133 cm³/mol. The van der Waals surface area contributed by atoms with Gasteiger partial charge in [-0.05, 0) is 24.3 Å². The molecule has 1 aliphatic rings. The average molecular weight is 489 g/mol. The number of fused-ring (bicyclic) bond motifs is 2. The third-order valence-electron chi connectivity index (χ3n) is 5.36. The molecule has 1 aliphatic heterocycles. The summed E-state index contributed by atoms with van der Waals surface area (Å²) < 4.78 is 5.18. The molecule has 0 aromatic heterocycles. The van der Waals surface area contributed by atoms with E-state index in [1.807, 2.05) is 54.6 Å². The van der Waals surface area contributed by atoms with Crippen LogP contribution < -0.4 is 10.2 Å². The molecule has 0 unspecified atom stereocenters. The Kier molecular flexibility index (Phi) is 7.95. The van der Waals surface area contributed by atoms with Crippen LogP contribution in [0.3, 0.4) is 0 Å². The number of carbonyl (C=O) groups is 4. The van der Waals surface area contributed by atoms with E-state index < -0.39 is 12.6 Å². The molecule has 178 valence electrons. The molecule has 4 rings (SSSR count). The van der Waals surface area contributed by atoms with E-state index >= 15 is 0 Å². The molecule has 3 aromatic rings. The van der Waals surface area contributed by atoms with Gasteiger partial charge in [0.2, 0.25) is 5.91 Å². The Morgan fingerprint density at radius 3 is 2.00 bits per heavy atom. The Bertz CT molecular complexity index is 1200. The normalized spacial score (nSPS) is 11.7. The van der Waals surface area contributed by atoms with E-state index in [1.54, 1.807) is 40.9 Å². The number of benzene rings is 3. The summed E-state index contributed by atoms with van der Waals surface area (Å²) in [5.41, 5.74) is 2.05. The first-order valence-electron chi connectivity index (χ1n) is 11.2. The van der Waals surface area contributed by atoms with Crippen LogP contribution in [0.25, 0.3) is 0 Å². The molecule has 1 heterocycles. The van der Waals surface area contributed by atoms with Gasteiger partial charge < -0.3 is 10.1 Å². The summed E-state index contributed by atoms with van der Waals surface area (Å²) in [6.07, 6.45) is 0.0492. The minimum Gasteiger partial charge on any atom is -0.455 e. The van der Waals surface area contributed by atoms with Gasteiger partial charge in [0, 0.05) is 34.7 Å². The summed E-state index contributed by atoms with van der Waals surface area (Å²) in [7, 11) is 0. The maximum Gasteiger partial charge on any atom is 0.308 e. The van der Waals surface area contributed by atoms with Crippen molar-refractivity contribution in [3.63, 3.8) is 0 Å². The van der Waals surface area contributed by atoms with E-state index in [4.69, 9.17) is 4.74 Å². The highest BCUT2D eigenvalue weighted by Gasteiger charge is 2.28. The fourth-order valence-corrected chi connectivity index (χ4v) is 4.70. The number of para-hydroxylation sites is 2. The van der Waals surface area contributed by atoms with Gasteiger partial charge in [0.25, 0.3) is 5.91 Å². The number of amides is 2. The Morgan fingerprint density at radius 1 is 0.743 bits per heavy atom. The van der Waals surface area contributed by atoms with Crippen molar-refractivity contribution in [1.29, 1.82) is 0 Å². The van der Waals surface area contributed by atoms with E-state index in [1.165, 1.54) is 0 Å². The molecule has 0 aliphatic carbocycles. The monoisotopic (exact) mass is 488 g/mol. The van der Waals surface area contributed by atoms with Gasteiger partial charge in [-0.1, -0.05) is 66.4 Å². The topological polar surface area (TPSA) is 92.8 Å². The van der Waals surface area contributed by atoms with E-state index in [9.17, 15) is 19.2 Å². The van der Waals surface area contributed by atoms with Gasteiger partial charge in [-0.3, -0.25) is 24.1 Å². The SMILES string of the molecule is O=C(CCC(=O)c1ccccc1)NCCC(=O)OCC(=O)N1c2ccccc2Sc2ccccc21. The Labute approximate surface area is 207 Å². The summed E-state index contributed by atoms with van der Waals surface area (Å²) in [5, 5.41) is 2.61. The smallest absolute Gasteiger partial charge is 0.308 e. The lowest BCUT2D eigenvalue weighted by Gasteiger charge is -2.30. The third-order valence-corrected chi connectivity index (χ3v) is 6.49. The number of ketones is 1. The van der Waals surface area contributed by atoms with Crippen LogP contribution in [0.15, 0.2) is 88.7 Å². The van der Waals surface area contributed by atoms with Crippen LogP contribution >= 0.6 is 11.8 Å². The van der Waals surface area contributed by atoms with Crippen LogP contribution in [0.1, 0.15) is 29.6 Å². The first-order chi connectivity index (χ1) is 17.0. The number of carbonyl (C=O) groups excluding carboxylic acids is 4. The molecule has 7 nitrogen and oxygen atoms in total. The van der Waals surface area contributed by atoms with Crippen LogP contribution in [-0.2, 0) is 19.1 Å². The van der Waals surface area contributed by atoms with Crippen molar-refractivity contribution in [1.82, 2.24) is 5.32 Å². The third kappa shape index (κ3) is 6.16. The predicted octanol–water partition coefficient (Wildman–Crippen LogP) is 4.53. The summed E-state index contributed by atoms with van der Waals surface area (Å²) in [6, 6.07) is 23.9. The molecule has 0 fully saturated rings. The second-order valence-electron chi connectivity index (χ2n) is 7.82. The highest BCUT2D eigenvalue weighted by molar-refractivity contribution is 7.99. The van der Waals surface area contributed by atoms with Crippen LogP contribution in [0.2, 0.25) is 0 Å². The van der Waals surface area contributed by atoms with Crippen LogP contribution in [0, 0.1) is 0 Å². The van der Waals surface area contributed by atoms with Crippen molar-refractivity contribution >= 4 is 46.7 Å². The van der Waals surface area contributed by atoms with Gasteiger partial charge in [-0.2, -0.15) is 0 Å². The number of hydrogen-bond donors (Lipinski definition) is 1. The largest absolute Gasteiger partial charge is 0.455 e. The van der Waals surface area contributed by atoms with Gasteiger partial charge >= 0.3 is 5.97 Å². The van der Waals surface area contributed by atoms with E-state index in [-0.39, 0.29) is 43.4 Å². The molecular formula is C27H24N2O5S. The van der Waals surface area contributed by atoms with Gasteiger partial charge in [-0.15, -0.1) is 0 Å². The summed E-state index contributed by atoms with van der Waals surface area (Å²) in [5.74, 6) is -1.39. The van der Waals surface area contributed by atoms with Crippen molar-refractivity contribution in [2.75, 3.05) is 18.1 Å². The van der Waals surface area contributed by atoms with E-state index in [2.05, 4.69) is 5.32 Å². The number of Topliss-reactive ketones (excluding diaryl/α,β-unsaturated/α-hetero) is 1. The molecule has 3 aromatic carbocycles. The molecule has 1 N–H and O–H groups in total. The first-order valence-corrected chi connectivity index (χ1v) is 12.0. The zero-order valence-corrected chi connectivity index (χ0v) is 19.8. The van der Waals surface area contributed by atoms with Crippen molar-refractivity contribution in [2.24, 2.45) is 0 Å². The maximum atomic E-state index is 13.0. The van der Waals surface area contributed by atoms with Crippen molar-refractivity contribution in [2.45, 2.75) is 29.1 Å². The second-order valence-corrected chi connectivity index (χ2v) is 8.90. The lowest BCUT2D eigenvalue weighted by molar-refractivity contribution is -0.147. The number of ether oxygens (including phenoxy) is 1. The zero-order chi connectivity index (χ0) is 24.6. The number of anilines is 2. The molecule has 0 bridgehead atoms. The number of nitrogens with zero attached hydrogens (tertiary/aromatic N) is 1. The Morgan fingerprint density at radius 2 is 1.34 bits per heavy atom.